The topological polar surface area (TPSA) is 90.0 Å². The van der Waals surface area contributed by atoms with Crippen molar-refractivity contribution < 1.29 is 26.9 Å². The zero-order valence-electron chi connectivity index (χ0n) is 20.8. The van der Waals surface area contributed by atoms with Gasteiger partial charge in [0.2, 0.25) is 0 Å². The Hall–Kier alpha value is -2.91. The summed E-state index contributed by atoms with van der Waals surface area (Å²) < 4.78 is 37.3. The Morgan fingerprint density at radius 1 is 0.946 bits per heavy atom. The molecule has 0 fully saturated rings. The summed E-state index contributed by atoms with van der Waals surface area (Å²) in [7, 11) is -2.69. The first-order chi connectivity index (χ1) is 17.8. The van der Waals surface area contributed by atoms with Gasteiger partial charge in [0.25, 0.3) is 0 Å². The maximum atomic E-state index is 13.3. The molecule has 7 nitrogen and oxygen atoms in total. The molecular weight excluding hydrogens is 558 g/mol. The van der Waals surface area contributed by atoms with Gasteiger partial charge in [0.1, 0.15) is 4.90 Å². The number of hydrogen-bond acceptors (Lipinski definition) is 7. The molecule has 9 heteroatoms. The van der Waals surface area contributed by atoms with Crippen molar-refractivity contribution >= 4 is 37.6 Å². The van der Waals surface area contributed by atoms with E-state index in [9.17, 15) is 18.0 Å². The predicted molar refractivity (Wildman–Crippen MR) is 142 cm³/mol. The van der Waals surface area contributed by atoms with Crippen molar-refractivity contribution in [2.75, 3.05) is 13.7 Å². The van der Waals surface area contributed by atoms with E-state index < -0.39 is 16.0 Å². The van der Waals surface area contributed by atoms with Crippen LogP contribution in [0.15, 0.2) is 74.4 Å². The summed E-state index contributed by atoms with van der Waals surface area (Å²) in [6.07, 6.45) is 4.02. The van der Waals surface area contributed by atoms with Crippen LogP contribution in [0, 0.1) is 0 Å². The lowest BCUT2D eigenvalue weighted by Crippen LogP contribution is -2.39. The van der Waals surface area contributed by atoms with Gasteiger partial charge in [-0.3, -0.25) is 9.59 Å². The molecule has 1 aliphatic heterocycles. The van der Waals surface area contributed by atoms with E-state index in [0.29, 0.717) is 40.6 Å². The fraction of sp³-hybridized carbons (Fsp3) is 0.357. The first-order valence-electron chi connectivity index (χ1n) is 12.4. The second kappa shape index (κ2) is 10.1. The van der Waals surface area contributed by atoms with Gasteiger partial charge in [0, 0.05) is 47.8 Å². The average molecular weight is 587 g/mol. The Labute approximate surface area is 225 Å². The molecule has 0 saturated carbocycles. The van der Waals surface area contributed by atoms with E-state index in [1.807, 2.05) is 6.92 Å². The van der Waals surface area contributed by atoms with E-state index in [1.54, 1.807) is 30.3 Å². The quantitative estimate of drug-likeness (QED) is 0.404. The number of rotatable bonds is 6. The van der Waals surface area contributed by atoms with Crippen molar-refractivity contribution in [2.24, 2.45) is 0 Å². The molecule has 0 unspecified atom stereocenters. The van der Waals surface area contributed by atoms with Crippen LogP contribution in [0.3, 0.4) is 0 Å². The maximum Gasteiger partial charge on any atom is 0.339 e. The second-order valence-electron chi connectivity index (χ2n) is 9.34. The van der Waals surface area contributed by atoms with Crippen molar-refractivity contribution in [3.63, 3.8) is 0 Å². The van der Waals surface area contributed by atoms with Gasteiger partial charge in [-0.2, -0.15) is 8.42 Å². The highest BCUT2D eigenvalue weighted by Crippen LogP contribution is 2.51. The predicted octanol–water partition coefficient (Wildman–Crippen LogP) is 5.66. The Balaban J connectivity index is 1.65. The molecule has 0 amide bonds. The number of carbonyl (C=O) groups excluding carboxylic acids is 2. The minimum atomic E-state index is -4.12. The number of nitrogens with zero attached hydrogens (tertiary/aromatic N) is 1. The van der Waals surface area contributed by atoms with Gasteiger partial charge in [0.15, 0.2) is 23.1 Å². The Morgan fingerprint density at radius 3 is 2.08 bits per heavy atom. The molecule has 1 heterocycles. The van der Waals surface area contributed by atoms with Gasteiger partial charge < -0.3 is 13.8 Å². The van der Waals surface area contributed by atoms with Crippen molar-refractivity contribution in [2.45, 2.75) is 56.3 Å². The number of hydrogen-bond donors (Lipinski definition) is 0. The summed E-state index contributed by atoms with van der Waals surface area (Å²) in [5.41, 5.74) is 4.02. The van der Waals surface area contributed by atoms with Crippen molar-refractivity contribution in [1.29, 1.82) is 0 Å². The van der Waals surface area contributed by atoms with E-state index in [1.165, 1.54) is 19.2 Å². The molecular formula is C28H28BrNO6S. The molecule has 0 radical (unpaired) electrons. The number of benzene rings is 2. The zero-order chi connectivity index (χ0) is 26.3. The summed E-state index contributed by atoms with van der Waals surface area (Å²) in [4.78, 5) is 28.9. The summed E-state index contributed by atoms with van der Waals surface area (Å²) >= 11 is 3.48. The van der Waals surface area contributed by atoms with Gasteiger partial charge in [0.05, 0.1) is 11.6 Å². The normalized spacial score (nSPS) is 18.6. The smallest absolute Gasteiger partial charge is 0.339 e. The van der Waals surface area contributed by atoms with Crippen LogP contribution in [0.25, 0.3) is 0 Å². The van der Waals surface area contributed by atoms with Crippen LogP contribution in [0.5, 0.6) is 11.5 Å². The Morgan fingerprint density at radius 2 is 1.54 bits per heavy atom. The molecule has 0 saturated heterocycles. The van der Waals surface area contributed by atoms with Crippen LogP contribution in [-0.2, 0) is 19.7 Å². The molecule has 0 spiro atoms. The molecule has 0 N–H and O–H groups in total. The molecule has 2 aromatic rings. The standard InChI is InChI=1S/C28H28BrNO6S/c1-3-30-20-11-7-13-22(31)26(20)25(27-21(30)12-8-14-23(27)32)17-15-19(29)28(24(16-17)35-2)36-37(33,34)18-9-5-4-6-10-18/h4-6,9-10,15-16,25H,3,7-8,11-14H2,1-2H3. The summed E-state index contributed by atoms with van der Waals surface area (Å²) in [6, 6.07) is 11.3. The van der Waals surface area contributed by atoms with Crippen molar-refractivity contribution in [3.8, 4) is 11.5 Å². The molecule has 37 heavy (non-hydrogen) atoms. The lowest BCUT2D eigenvalue weighted by molar-refractivity contribution is -0.117. The summed E-state index contributed by atoms with van der Waals surface area (Å²) in [6.45, 7) is 2.74. The summed E-state index contributed by atoms with van der Waals surface area (Å²) in [5, 5.41) is 0. The van der Waals surface area contributed by atoms with E-state index >= 15 is 0 Å². The van der Waals surface area contributed by atoms with Gasteiger partial charge in [-0.25, -0.2) is 0 Å². The van der Waals surface area contributed by atoms with Gasteiger partial charge >= 0.3 is 10.1 Å². The van der Waals surface area contributed by atoms with E-state index in [4.69, 9.17) is 8.92 Å². The first kappa shape index (κ1) is 25.7. The fourth-order valence-corrected chi connectivity index (χ4v) is 7.29. The third-order valence-corrected chi connectivity index (χ3v) is 9.04. The van der Waals surface area contributed by atoms with Crippen LogP contribution in [-0.4, -0.2) is 38.5 Å². The van der Waals surface area contributed by atoms with Crippen LogP contribution >= 0.6 is 15.9 Å². The van der Waals surface area contributed by atoms with E-state index in [-0.39, 0.29) is 28.0 Å². The van der Waals surface area contributed by atoms with E-state index in [0.717, 1.165) is 37.1 Å². The number of ether oxygens (including phenoxy) is 1. The monoisotopic (exact) mass is 585 g/mol. The van der Waals surface area contributed by atoms with E-state index in [2.05, 4.69) is 20.8 Å². The first-order valence-corrected chi connectivity index (χ1v) is 14.6. The zero-order valence-corrected chi connectivity index (χ0v) is 23.2. The summed E-state index contributed by atoms with van der Waals surface area (Å²) in [5.74, 6) is -0.223. The molecule has 5 rings (SSSR count). The number of carbonyl (C=O) groups is 2. The third-order valence-electron chi connectivity index (χ3n) is 7.21. The average Bonchev–Trinajstić information content (AvgIpc) is 2.89. The molecule has 3 aliphatic rings. The van der Waals surface area contributed by atoms with Crippen LogP contribution < -0.4 is 8.92 Å². The number of halogens is 1. The van der Waals surface area contributed by atoms with Gasteiger partial charge in [-0.05, 0) is 78.4 Å². The van der Waals surface area contributed by atoms with Gasteiger partial charge in [-0.1, -0.05) is 18.2 Å². The highest BCUT2D eigenvalue weighted by molar-refractivity contribution is 9.10. The Kier molecular flexibility index (Phi) is 7.02. The highest BCUT2D eigenvalue weighted by atomic mass is 79.9. The molecule has 2 aliphatic carbocycles. The molecule has 0 aromatic heterocycles. The van der Waals surface area contributed by atoms with Crippen molar-refractivity contribution in [1.82, 2.24) is 4.90 Å². The molecule has 0 atom stereocenters. The molecule has 2 aromatic carbocycles. The SMILES string of the molecule is CCN1C2=C(C(=O)CCC2)C(c2cc(Br)c(OS(=O)(=O)c3ccccc3)c(OC)c2)C2=C1CCCC2=O. The minimum absolute atomic E-state index is 0.00875. The third kappa shape index (κ3) is 4.52. The Bertz CT molecular complexity index is 1400. The fourth-order valence-electron chi connectivity index (χ4n) is 5.66. The lowest BCUT2D eigenvalue weighted by atomic mass is 9.71. The number of Topliss-reactive ketones (excluding diaryl/α,β-unsaturated/α-hetero) is 2. The van der Waals surface area contributed by atoms with Crippen LogP contribution in [0.1, 0.15) is 56.9 Å². The highest BCUT2D eigenvalue weighted by Gasteiger charge is 2.43. The van der Waals surface area contributed by atoms with Crippen LogP contribution in [0.2, 0.25) is 0 Å². The second-order valence-corrected chi connectivity index (χ2v) is 11.7. The number of methoxy groups -OCH3 is 1. The molecule has 0 bridgehead atoms. The number of ketones is 2. The van der Waals surface area contributed by atoms with Crippen molar-refractivity contribution in [3.05, 3.63) is 75.0 Å². The lowest BCUT2D eigenvalue weighted by Gasteiger charge is -2.43. The van der Waals surface area contributed by atoms with Gasteiger partial charge in [-0.15, -0.1) is 0 Å². The largest absolute Gasteiger partial charge is 0.493 e. The van der Waals surface area contributed by atoms with Crippen LogP contribution in [0.4, 0.5) is 0 Å². The minimum Gasteiger partial charge on any atom is -0.493 e. The molecule has 194 valence electrons. The maximum absolute atomic E-state index is 13.3. The number of allylic oxidation sites excluding steroid dienone is 4.